The van der Waals surface area contributed by atoms with Crippen LogP contribution in [0.15, 0.2) is 109 Å². The second kappa shape index (κ2) is 8.86. The van der Waals surface area contributed by atoms with Gasteiger partial charge in [0.2, 0.25) is 0 Å². The Kier molecular flexibility index (Phi) is 5.24. The number of rotatable bonds is 3. The smallest absolute Gasteiger partial charge is 0.0998 e. The fraction of sp³-hybridized carbons (Fsp3) is 0. The van der Waals surface area contributed by atoms with Crippen LogP contribution >= 0.6 is 0 Å². The molecule has 0 radical (unpaired) electrons. The number of hydrogen-bond acceptors (Lipinski definition) is 3. The average Bonchev–Trinajstić information content (AvgIpc) is 3.29. The predicted molar refractivity (Wildman–Crippen MR) is 146 cm³/mol. The molecule has 0 aliphatic rings. The van der Waals surface area contributed by atoms with Crippen molar-refractivity contribution in [2.75, 3.05) is 0 Å². The topological polar surface area (TPSA) is 76.3 Å². The quantitative estimate of drug-likeness (QED) is 0.265. The maximum absolute atomic E-state index is 9.75. The summed E-state index contributed by atoms with van der Waals surface area (Å²) in [6.07, 6.45) is 0. The van der Waals surface area contributed by atoms with Crippen molar-refractivity contribution >= 4 is 21.8 Å². The third-order valence-corrected chi connectivity index (χ3v) is 6.73. The lowest BCUT2D eigenvalue weighted by atomic mass is 9.94. The second-order valence-electron chi connectivity index (χ2n) is 8.74. The Bertz CT molecular complexity index is 1930. The third kappa shape index (κ3) is 3.52. The van der Waals surface area contributed by atoms with Crippen LogP contribution in [-0.4, -0.2) is 4.57 Å². The Balaban J connectivity index is 1.69. The van der Waals surface area contributed by atoms with Crippen LogP contribution in [-0.2, 0) is 0 Å². The molecule has 0 unspecified atom stereocenters. The van der Waals surface area contributed by atoms with Gasteiger partial charge in [0.25, 0.3) is 0 Å². The van der Waals surface area contributed by atoms with E-state index in [0.717, 1.165) is 44.2 Å². The molecule has 6 aromatic rings. The van der Waals surface area contributed by atoms with Crippen LogP contribution in [0.4, 0.5) is 0 Å². The number of fused-ring (bicyclic) bond motifs is 3. The second-order valence-corrected chi connectivity index (χ2v) is 8.74. The Morgan fingerprint density at radius 3 is 1.86 bits per heavy atom. The SMILES string of the molecule is N#Cc1ccccc1-c1ccc2c(c1)c1ccc(-c3c(C#N)cccc3C#N)cc1n2-c1ccccc1. The summed E-state index contributed by atoms with van der Waals surface area (Å²) < 4.78 is 2.20. The lowest BCUT2D eigenvalue weighted by molar-refractivity contribution is 1.18. The van der Waals surface area contributed by atoms with Gasteiger partial charge < -0.3 is 4.57 Å². The summed E-state index contributed by atoms with van der Waals surface area (Å²) in [5.41, 5.74) is 7.92. The molecule has 6 rings (SSSR count). The predicted octanol–water partition coefficient (Wildman–Crippen LogP) is 7.73. The Labute approximate surface area is 214 Å². The summed E-state index contributed by atoms with van der Waals surface area (Å²) in [4.78, 5) is 0. The molecular weight excluding hydrogens is 452 g/mol. The van der Waals surface area contributed by atoms with Gasteiger partial charge in [0, 0.05) is 22.0 Å². The first-order valence-electron chi connectivity index (χ1n) is 11.8. The molecule has 0 saturated heterocycles. The molecule has 1 aromatic heterocycles. The maximum Gasteiger partial charge on any atom is 0.0998 e. The van der Waals surface area contributed by atoms with Crippen LogP contribution in [0.1, 0.15) is 16.7 Å². The van der Waals surface area contributed by atoms with E-state index in [0.29, 0.717) is 22.3 Å². The minimum atomic E-state index is 0.469. The van der Waals surface area contributed by atoms with E-state index in [-0.39, 0.29) is 0 Å². The van der Waals surface area contributed by atoms with E-state index >= 15 is 0 Å². The monoisotopic (exact) mass is 470 g/mol. The van der Waals surface area contributed by atoms with Crippen molar-refractivity contribution in [1.82, 2.24) is 4.57 Å². The van der Waals surface area contributed by atoms with Crippen molar-refractivity contribution < 1.29 is 0 Å². The minimum absolute atomic E-state index is 0.469. The molecule has 0 fully saturated rings. The Hall–Kier alpha value is -5.63. The highest BCUT2D eigenvalue weighted by Gasteiger charge is 2.17. The molecule has 0 atom stereocenters. The van der Waals surface area contributed by atoms with Crippen molar-refractivity contribution in [3.05, 3.63) is 126 Å². The van der Waals surface area contributed by atoms with Gasteiger partial charge in [-0.25, -0.2) is 0 Å². The molecule has 0 spiro atoms. The molecule has 4 heteroatoms. The molecule has 4 nitrogen and oxygen atoms in total. The van der Waals surface area contributed by atoms with Crippen molar-refractivity contribution in [3.8, 4) is 46.1 Å². The van der Waals surface area contributed by atoms with E-state index < -0.39 is 0 Å². The van der Waals surface area contributed by atoms with Crippen LogP contribution in [0.3, 0.4) is 0 Å². The van der Waals surface area contributed by atoms with E-state index in [4.69, 9.17) is 0 Å². The summed E-state index contributed by atoms with van der Waals surface area (Å²) in [6.45, 7) is 0. The lowest BCUT2D eigenvalue weighted by Crippen LogP contribution is -1.94. The molecule has 0 saturated carbocycles. The highest BCUT2D eigenvalue weighted by molar-refractivity contribution is 6.11. The lowest BCUT2D eigenvalue weighted by Gasteiger charge is -2.10. The number of nitrogens with zero attached hydrogens (tertiary/aromatic N) is 4. The van der Waals surface area contributed by atoms with Crippen LogP contribution in [0.5, 0.6) is 0 Å². The first kappa shape index (κ1) is 21.9. The minimum Gasteiger partial charge on any atom is -0.309 e. The third-order valence-electron chi connectivity index (χ3n) is 6.73. The first-order chi connectivity index (χ1) is 18.2. The zero-order valence-electron chi connectivity index (χ0n) is 19.7. The molecule has 170 valence electrons. The van der Waals surface area contributed by atoms with Crippen LogP contribution in [0, 0.1) is 34.0 Å². The molecule has 0 N–H and O–H groups in total. The van der Waals surface area contributed by atoms with Crippen LogP contribution < -0.4 is 0 Å². The summed E-state index contributed by atoms with van der Waals surface area (Å²) in [7, 11) is 0. The van der Waals surface area contributed by atoms with Gasteiger partial charge in [-0.15, -0.1) is 0 Å². The summed E-state index contributed by atoms with van der Waals surface area (Å²) in [6, 6.07) is 42.1. The number of benzene rings is 5. The van der Waals surface area contributed by atoms with Gasteiger partial charge in [0.15, 0.2) is 0 Å². The molecule has 0 bridgehead atoms. The summed E-state index contributed by atoms with van der Waals surface area (Å²) in [5, 5.41) is 31.3. The van der Waals surface area contributed by atoms with Crippen LogP contribution in [0.25, 0.3) is 49.7 Å². The van der Waals surface area contributed by atoms with E-state index in [2.05, 4.69) is 65.2 Å². The number of aromatic nitrogens is 1. The molecule has 1 heterocycles. The largest absolute Gasteiger partial charge is 0.309 e. The standard InChI is InChI=1S/C33H18N4/c34-19-24-7-4-5-12-28(24)22-14-16-31-30(17-22)29-15-13-23(33-25(20-35)8-6-9-26(33)21-36)18-32(29)37(31)27-10-2-1-3-11-27/h1-18H. The molecule has 0 aliphatic carbocycles. The number of nitriles is 3. The van der Waals surface area contributed by atoms with Crippen molar-refractivity contribution in [2.24, 2.45) is 0 Å². The summed E-state index contributed by atoms with van der Waals surface area (Å²) in [5.74, 6) is 0. The highest BCUT2D eigenvalue weighted by atomic mass is 15.0. The van der Waals surface area contributed by atoms with E-state index in [9.17, 15) is 15.8 Å². The van der Waals surface area contributed by atoms with E-state index in [1.807, 2.05) is 48.5 Å². The van der Waals surface area contributed by atoms with Gasteiger partial charge in [0.1, 0.15) is 0 Å². The zero-order valence-corrected chi connectivity index (χ0v) is 19.7. The maximum atomic E-state index is 9.75. The van der Waals surface area contributed by atoms with Crippen molar-refractivity contribution in [1.29, 1.82) is 15.8 Å². The molecule has 0 amide bonds. The Morgan fingerprint density at radius 1 is 0.486 bits per heavy atom. The Morgan fingerprint density at radius 2 is 1.14 bits per heavy atom. The van der Waals surface area contributed by atoms with Crippen molar-refractivity contribution in [2.45, 2.75) is 0 Å². The fourth-order valence-corrected chi connectivity index (χ4v) is 5.08. The van der Waals surface area contributed by atoms with Gasteiger partial charge in [-0.2, -0.15) is 15.8 Å². The molecular formula is C33H18N4. The van der Waals surface area contributed by atoms with Gasteiger partial charge in [-0.05, 0) is 65.2 Å². The highest BCUT2D eigenvalue weighted by Crippen LogP contribution is 2.38. The molecule has 5 aromatic carbocycles. The molecule has 37 heavy (non-hydrogen) atoms. The van der Waals surface area contributed by atoms with Gasteiger partial charge >= 0.3 is 0 Å². The first-order valence-corrected chi connectivity index (χ1v) is 11.8. The average molecular weight is 471 g/mol. The number of hydrogen-bond donors (Lipinski definition) is 0. The van der Waals surface area contributed by atoms with E-state index in [1.165, 1.54) is 0 Å². The summed E-state index contributed by atoms with van der Waals surface area (Å²) >= 11 is 0. The van der Waals surface area contributed by atoms with Crippen molar-refractivity contribution in [3.63, 3.8) is 0 Å². The fourth-order valence-electron chi connectivity index (χ4n) is 5.08. The molecule has 0 aliphatic heterocycles. The zero-order chi connectivity index (χ0) is 25.4. The van der Waals surface area contributed by atoms with Gasteiger partial charge in [-0.1, -0.05) is 60.7 Å². The van der Waals surface area contributed by atoms with Gasteiger partial charge in [-0.3, -0.25) is 0 Å². The van der Waals surface area contributed by atoms with Crippen LogP contribution in [0.2, 0.25) is 0 Å². The van der Waals surface area contributed by atoms with Gasteiger partial charge in [0.05, 0.1) is 45.9 Å². The van der Waals surface area contributed by atoms with E-state index in [1.54, 1.807) is 18.2 Å². The number of para-hydroxylation sites is 1. The normalized spacial score (nSPS) is 10.6.